The number of carbonyl (C=O) groups is 1. The number of hydrogen-bond acceptors (Lipinski definition) is 3. The number of aromatic nitrogens is 1. The number of nitrogens with two attached hydrogens (primary N) is 1. The van der Waals surface area contributed by atoms with Crippen molar-refractivity contribution in [2.45, 2.75) is 33.6 Å². The van der Waals surface area contributed by atoms with Crippen molar-refractivity contribution < 1.29 is 4.79 Å². The molecule has 1 aromatic heterocycles. The van der Waals surface area contributed by atoms with Gasteiger partial charge in [-0.2, -0.15) is 0 Å². The van der Waals surface area contributed by atoms with Gasteiger partial charge in [0.25, 0.3) is 5.91 Å². The molecule has 0 saturated heterocycles. The van der Waals surface area contributed by atoms with Crippen LogP contribution < -0.4 is 11.1 Å². The number of nitrogens with zero attached hydrogens (tertiary/aromatic N) is 1. The van der Waals surface area contributed by atoms with Crippen molar-refractivity contribution in [1.29, 1.82) is 0 Å². The molecule has 0 bridgehead atoms. The fourth-order valence-corrected chi connectivity index (χ4v) is 1.50. The van der Waals surface area contributed by atoms with E-state index in [1.54, 1.807) is 12.1 Å². The summed E-state index contributed by atoms with van der Waals surface area (Å²) in [7, 11) is 0. The Hall–Kier alpha value is -1.58. The number of carbonyl (C=O) groups excluding carboxylic acids is 1. The maximum Gasteiger partial charge on any atom is 0.251 e. The maximum absolute atomic E-state index is 11.9. The summed E-state index contributed by atoms with van der Waals surface area (Å²) in [4.78, 5) is 16.0. The number of pyridine rings is 1. The van der Waals surface area contributed by atoms with Crippen LogP contribution in [0, 0.1) is 5.92 Å². The zero-order valence-electron chi connectivity index (χ0n) is 10.8. The average molecular weight is 235 g/mol. The molecule has 0 aromatic carbocycles. The molecule has 0 aliphatic rings. The first kappa shape index (κ1) is 13.5. The summed E-state index contributed by atoms with van der Waals surface area (Å²) < 4.78 is 0. The van der Waals surface area contributed by atoms with Crippen molar-refractivity contribution in [3.63, 3.8) is 0 Å². The number of nitrogens with one attached hydrogen (secondary N) is 1. The molecule has 0 fully saturated rings. The Morgan fingerprint density at radius 2 is 2.18 bits per heavy atom. The molecule has 0 radical (unpaired) electrons. The molecule has 4 heteroatoms. The van der Waals surface area contributed by atoms with E-state index in [-0.39, 0.29) is 5.91 Å². The van der Waals surface area contributed by atoms with Crippen molar-refractivity contribution in [2.75, 3.05) is 12.3 Å². The molecular weight excluding hydrogens is 214 g/mol. The highest BCUT2D eigenvalue weighted by atomic mass is 16.1. The van der Waals surface area contributed by atoms with Gasteiger partial charge in [-0.25, -0.2) is 4.98 Å². The van der Waals surface area contributed by atoms with Crippen LogP contribution in [-0.2, 0) is 6.42 Å². The monoisotopic (exact) mass is 235 g/mol. The van der Waals surface area contributed by atoms with Crippen LogP contribution in [0.5, 0.6) is 0 Å². The van der Waals surface area contributed by atoms with E-state index in [1.165, 1.54) is 0 Å². The van der Waals surface area contributed by atoms with Crippen molar-refractivity contribution in [1.82, 2.24) is 10.3 Å². The van der Waals surface area contributed by atoms with Crippen molar-refractivity contribution in [2.24, 2.45) is 5.92 Å². The molecule has 94 valence electrons. The number of rotatable bonds is 5. The van der Waals surface area contributed by atoms with Gasteiger partial charge in [-0.05, 0) is 30.9 Å². The van der Waals surface area contributed by atoms with Crippen LogP contribution in [0.15, 0.2) is 12.1 Å². The van der Waals surface area contributed by atoms with Gasteiger partial charge in [-0.3, -0.25) is 4.79 Å². The van der Waals surface area contributed by atoms with Crippen LogP contribution in [0.4, 0.5) is 5.82 Å². The number of nitrogen functional groups attached to an aromatic ring is 1. The van der Waals surface area contributed by atoms with E-state index in [1.807, 2.05) is 6.92 Å². The van der Waals surface area contributed by atoms with Crippen LogP contribution in [0.1, 0.15) is 43.2 Å². The number of aryl methyl sites for hydroxylation is 1. The van der Waals surface area contributed by atoms with E-state index >= 15 is 0 Å². The predicted octanol–water partition coefficient (Wildman–Crippen LogP) is 2.00. The highest BCUT2D eigenvalue weighted by molar-refractivity contribution is 5.94. The molecule has 1 amide bonds. The molecule has 1 rings (SSSR count). The number of anilines is 1. The van der Waals surface area contributed by atoms with Crippen LogP contribution >= 0.6 is 0 Å². The fourth-order valence-electron chi connectivity index (χ4n) is 1.50. The Labute approximate surface area is 103 Å². The summed E-state index contributed by atoms with van der Waals surface area (Å²) in [5, 5.41) is 2.89. The highest BCUT2D eigenvalue weighted by Crippen LogP contribution is 2.08. The minimum Gasteiger partial charge on any atom is -0.384 e. The third-order valence-electron chi connectivity index (χ3n) is 2.53. The first-order valence-electron chi connectivity index (χ1n) is 6.07. The van der Waals surface area contributed by atoms with Crippen molar-refractivity contribution in [3.05, 3.63) is 23.4 Å². The summed E-state index contributed by atoms with van der Waals surface area (Å²) in [6, 6.07) is 3.41. The van der Waals surface area contributed by atoms with E-state index in [0.717, 1.165) is 18.5 Å². The molecule has 17 heavy (non-hydrogen) atoms. The molecule has 0 aliphatic heterocycles. The van der Waals surface area contributed by atoms with E-state index < -0.39 is 0 Å². The average Bonchev–Trinajstić information content (AvgIpc) is 2.27. The molecule has 1 heterocycles. The SMILES string of the molecule is CCc1cc(C(=O)NCCC(C)C)cc(N)n1. The van der Waals surface area contributed by atoms with Crippen molar-refractivity contribution >= 4 is 11.7 Å². The largest absolute Gasteiger partial charge is 0.384 e. The lowest BCUT2D eigenvalue weighted by Gasteiger charge is -2.08. The van der Waals surface area contributed by atoms with E-state index in [0.29, 0.717) is 23.8 Å². The highest BCUT2D eigenvalue weighted by Gasteiger charge is 2.08. The van der Waals surface area contributed by atoms with Gasteiger partial charge >= 0.3 is 0 Å². The first-order valence-corrected chi connectivity index (χ1v) is 6.07. The second kappa shape index (κ2) is 6.23. The molecule has 0 aliphatic carbocycles. The van der Waals surface area contributed by atoms with E-state index in [4.69, 9.17) is 5.73 Å². The summed E-state index contributed by atoms with van der Waals surface area (Å²) in [6.45, 7) is 6.94. The Bertz CT molecular complexity index is 388. The van der Waals surface area contributed by atoms with Gasteiger partial charge in [0, 0.05) is 17.8 Å². The third-order valence-corrected chi connectivity index (χ3v) is 2.53. The Balaban J connectivity index is 2.65. The Morgan fingerprint density at radius 3 is 2.76 bits per heavy atom. The summed E-state index contributed by atoms with van der Waals surface area (Å²) in [6.07, 6.45) is 1.75. The fraction of sp³-hybridized carbons (Fsp3) is 0.538. The third kappa shape index (κ3) is 4.43. The Morgan fingerprint density at radius 1 is 1.47 bits per heavy atom. The standard InChI is InChI=1S/C13H21N3O/c1-4-11-7-10(8-12(14)16-11)13(17)15-6-5-9(2)3/h7-9H,4-6H2,1-3H3,(H2,14,16)(H,15,17). The minimum absolute atomic E-state index is 0.0746. The topological polar surface area (TPSA) is 68.0 Å². The van der Waals surface area contributed by atoms with Crippen LogP contribution in [0.2, 0.25) is 0 Å². The second-order valence-corrected chi connectivity index (χ2v) is 4.56. The maximum atomic E-state index is 11.9. The molecule has 0 atom stereocenters. The molecule has 3 N–H and O–H groups in total. The molecule has 0 spiro atoms. The first-order chi connectivity index (χ1) is 8.02. The summed E-state index contributed by atoms with van der Waals surface area (Å²) in [5.74, 6) is 0.914. The lowest BCUT2D eigenvalue weighted by atomic mass is 10.1. The summed E-state index contributed by atoms with van der Waals surface area (Å²) in [5.41, 5.74) is 7.10. The lowest BCUT2D eigenvalue weighted by Crippen LogP contribution is -2.25. The van der Waals surface area contributed by atoms with E-state index in [9.17, 15) is 4.79 Å². The lowest BCUT2D eigenvalue weighted by molar-refractivity contribution is 0.0952. The smallest absolute Gasteiger partial charge is 0.251 e. The zero-order chi connectivity index (χ0) is 12.8. The normalized spacial score (nSPS) is 10.6. The zero-order valence-corrected chi connectivity index (χ0v) is 10.8. The molecule has 0 unspecified atom stereocenters. The number of amides is 1. The van der Waals surface area contributed by atoms with Gasteiger partial charge in [0.15, 0.2) is 0 Å². The van der Waals surface area contributed by atoms with Crippen LogP contribution in [0.25, 0.3) is 0 Å². The predicted molar refractivity (Wildman–Crippen MR) is 69.8 cm³/mol. The molecule has 0 saturated carbocycles. The van der Waals surface area contributed by atoms with Crippen LogP contribution in [-0.4, -0.2) is 17.4 Å². The van der Waals surface area contributed by atoms with E-state index in [2.05, 4.69) is 24.1 Å². The van der Waals surface area contributed by atoms with Gasteiger partial charge in [0.05, 0.1) is 0 Å². The molecule has 1 aromatic rings. The van der Waals surface area contributed by atoms with Gasteiger partial charge in [-0.1, -0.05) is 20.8 Å². The van der Waals surface area contributed by atoms with Gasteiger partial charge in [0.1, 0.15) is 5.82 Å². The van der Waals surface area contributed by atoms with Crippen LogP contribution in [0.3, 0.4) is 0 Å². The van der Waals surface area contributed by atoms with Crippen molar-refractivity contribution in [3.8, 4) is 0 Å². The number of hydrogen-bond donors (Lipinski definition) is 2. The van der Waals surface area contributed by atoms with Gasteiger partial charge < -0.3 is 11.1 Å². The van der Waals surface area contributed by atoms with Gasteiger partial charge in [-0.15, -0.1) is 0 Å². The second-order valence-electron chi connectivity index (χ2n) is 4.56. The molecule has 4 nitrogen and oxygen atoms in total. The molecular formula is C13H21N3O. The van der Waals surface area contributed by atoms with Gasteiger partial charge in [0.2, 0.25) is 0 Å². The summed E-state index contributed by atoms with van der Waals surface area (Å²) >= 11 is 0. The quantitative estimate of drug-likeness (QED) is 0.820. The Kier molecular flexibility index (Phi) is 4.94. The minimum atomic E-state index is -0.0746.